The summed E-state index contributed by atoms with van der Waals surface area (Å²) in [6.07, 6.45) is 5.11. The molecule has 78 valence electrons. The number of hydrogen-bond acceptors (Lipinski definition) is 1. The quantitative estimate of drug-likeness (QED) is 0.908. The van der Waals surface area contributed by atoms with Gasteiger partial charge in [0.15, 0.2) is 0 Å². The summed E-state index contributed by atoms with van der Waals surface area (Å²) in [5.74, 6) is 0. The molecule has 1 aromatic heterocycles. The molecule has 0 saturated heterocycles. The highest BCUT2D eigenvalue weighted by Gasteiger charge is 2.01. The number of benzene rings is 1. The largest absolute Gasteiger partial charge is 0.330 e. The minimum absolute atomic E-state index is 0.694. The molecule has 1 heterocycles. The van der Waals surface area contributed by atoms with Crippen molar-refractivity contribution in [2.45, 2.75) is 6.42 Å². The van der Waals surface area contributed by atoms with Crippen LogP contribution >= 0.6 is 15.9 Å². The summed E-state index contributed by atoms with van der Waals surface area (Å²) < 4.78 is 3.20. The molecule has 0 atom stereocenters. The van der Waals surface area contributed by atoms with E-state index in [4.69, 9.17) is 5.73 Å². The molecule has 15 heavy (non-hydrogen) atoms. The average molecular weight is 265 g/mol. The second-order valence-electron chi connectivity index (χ2n) is 3.42. The normalized spacial score (nSPS) is 10.5. The van der Waals surface area contributed by atoms with Gasteiger partial charge in [-0.1, -0.05) is 12.1 Å². The van der Waals surface area contributed by atoms with Gasteiger partial charge in [-0.15, -0.1) is 0 Å². The van der Waals surface area contributed by atoms with E-state index in [1.807, 2.05) is 18.2 Å². The molecule has 2 N–H and O–H groups in total. The molecule has 0 bridgehead atoms. The van der Waals surface area contributed by atoms with Crippen molar-refractivity contribution in [2.75, 3.05) is 6.54 Å². The lowest BCUT2D eigenvalue weighted by Crippen LogP contribution is -2.01. The van der Waals surface area contributed by atoms with E-state index in [1.165, 1.54) is 5.56 Å². The van der Waals surface area contributed by atoms with E-state index < -0.39 is 0 Å². The van der Waals surface area contributed by atoms with Crippen molar-refractivity contribution in [1.29, 1.82) is 0 Å². The predicted molar refractivity (Wildman–Crippen MR) is 66.2 cm³/mol. The molecule has 0 aliphatic rings. The number of hydrogen-bond donors (Lipinski definition) is 1. The first-order chi connectivity index (χ1) is 7.31. The Bertz CT molecular complexity index is 448. The molecular formula is C12H13BrN2. The minimum atomic E-state index is 0.694. The lowest BCUT2D eigenvalue weighted by Gasteiger charge is -2.04. The van der Waals surface area contributed by atoms with Crippen LogP contribution in [-0.4, -0.2) is 11.1 Å². The lowest BCUT2D eigenvalue weighted by molar-refractivity contribution is 0.961. The van der Waals surface area contributed by atoms with Crippen LogP contribution in [0.4, 0.5) is 0 Å². The maximum Gasteiger partial charge on any atom is 0.0591 e. The first-order valence-electron chi connectivity index (χ1n) is 4.93. The van der Waals surface area contributed by atoms with Crippen LogP contribution in [0.2, 0.25) is 0 Å². The van der Waals surface area contributed by atoms with E-state index in [2.05, 4.69) is 45.0 Å². The van der Waals surface area contributed by atoms with Gasteiger partial charge >= 0.3 is 0 Å². The molecule has 0 unspecified atom stereocenters. The van der Waals surface area contributed by atoms with Crippen LogP contribution < -0.4 is 5.73 Å². The lowest BCUT2D eigenvalue weighted by atomic mass is 10.2. The second kappa shape index (κ2) is 4.64. The fourth-order valence-corrected chi connectivity index (χ4v) is 2.06. The molecule has 2 rings (SSSR count). The third-order valence-electron chi connectivity index (χ3n) is 2.32. The van der Waals surface area contributed by atoms with E-state index in [0.29, 0.717) is 6.54 Å². The molecule has 0 fully saturated rings. The van der Waals surface area contributed by atoms with Crippen molar-refractivity contribution in [3.8, 4) is 5.69 Å². The van der Waals surface area contributed by atoms with E-state index in [1.54, 1.807) is 0 Å². The summed E-state index contributed by atoms with van der Waals surface area (Å²) >= 11 is 3.54. The second-order valence-corrected chi connectivity index (χ2v) is 4.27. The van der Waals surface area contributed by atoms with Crippen molar-refractivity contribution in [2.24, 2.45) is 5.73 Å². The van der Waals surface area contributed by atoms with Crippen LogP contribution in [0.1, 0.15) is 5.56 Å². The number of nitrogens with zero attached hydrogens (tertiary/aromatic N) is 1. The first kappa shape index (κ1) is 10.5. The summed E-state index contributed by atoms with van der Waals surface area (Å²) in [7, 11) is 0. The van der Waals surface area contributed by atoms with Crippen LogP contribution in [0.15, 0.2) is 47.2 Å². The van der Waals surface area contributed by atoms with Gasteiger partial charge in [0.25, 0.3) is 0 Å². The molecule has 0 radical (unpaired) electrons. The standard InChI is InChI=1S/C12H13BrN2/c13-11-3-1-2-4-12(11)15-8-6-10(9-15)5-7-14/h1-4,6,8-9H,5,7,14H2. The van der Waals surface area contributed by atoms with Crippen molar-refractivity contribution < 1.29 is 0 Å². The fraction of sp³-hybridized carbons (Fsp3) is 0.167. The van der Waals surface area contributed by atoms with Crippen LogP contribution in [-0.2, 0) is 6.42 Å². The van der Waals surface area contributed by atoms with E-state index in [-0.39, 0.29) is 0 Å². The van der Waals surface area contributed by atoms with Gasteiger partial charge in [-0.2, -0.15) is 0 Å². The summed E-state index contributed by atoms with van der Waals surface area (Å²) in [5, 5.41) is 0. The molecule has 0 aliphatic heterocycles. The van der Waals surface area contributed by atoms with Gasteiger partial charge in [0.1, 0.15) is 0 Å². The predicted octanol–water partition coefficient (Wildman–Crippen LogP) is 2.74. The summed E-state index contributed by atoms with van der Waals surface area (Å²) in [4.78, 5) is 0. The Morgan fingerprint density at radius 2 is 2.00 bits per heavy atom. The van der Waals surface area contributed by atoms with Gasteiger partial charge < -0.3 is 10.3 Å². The molecule has 2 nitrogen and oxygen atoms in total. The highest BCUT2D eigenvalue weighted by atomic mass is 79.9. The number of nitrogens with two attached hydrogens (primary N) is 1. The first-order valence-corrected chi connectivity index (χ1v) is 5.72. The van der Waals surface area contributed by atoms with Gasteiger partial charge in [-0.05, 0) is 52.7 Å². The number of rotatable bonds is 3. The number of halogens is 1. The molecule has 1 aromatic carbocycles. The van der Waals surface area contributed by atoms with Crippen LogP contribution in [0.5, 0.6) is 0 Å². The summed E-state index contributed by atoms with van der Waals surface area (Å²) in [5.41, 5.74) is 7.94. The minimum Gasteiger partial charge on any atom is -0.330 e. The van der Waals surface area contributed by atoms with E-state index in [9.17, 15) is 0 Å². The Labute approximate surface area is 97.8 Å². The molecular weight excluding hydrogens is 252 g/mol. The molecule has 0 amide bonds. The Hall–Kier alpha value is -1.06. The van der Waals surface area contributed by atoms with Gasteiger partial charge in [-0.3, -0.25) is 0 Å². The monoisotopic (exact) mass is 264 g/mol. The van der Waals surface area contributed by atoms with Crippen molar-refractivity contribution >= 4 is 15.9 Å². The van der Waals surface area contributed by atoms with Crippen molar-refractivity contribution in [1.82, 2.24) is 4.57 Å². The van der Waals surface area contributed by atoms with Crippen molar-refractivity contribution in [3.05, 3.63) is 52.8 Å². The average Bonchev–Trinajstić information content (AvgIpc) is 2.68. The van der Waals surface area contributed by atoms with Crippen LogP contribution in [0.3, 0.4) is 0 Å². The molecule has 0 spiro atoms. The maximum atomic E-state index is 5.52. The van der Waals surface area contributed by atoms with E-state index in [0.717, 1.165) is 16.6 Å². The zero-order valence-electron chi connectivity index (χ0n) is 8.36. The van der Waals surface area contributed by atoms with Gasteiger partial charge in [0.05, 0.1) is 5.69 Å². The molecule has 2 aromatic rings. The summed E-state index contributed by atoms with van der Waals surface area (Å²) in [6.45, 7) is 0.694. The Balaban J connectivity index is 2.33. The molecule has 0 aliphatic carbocycles. The third kappa shape index (κ3) is 2.30. The van der Waals surface area contributed by atoms with Gasteiger partial charge in [0, 0.05) is 16.9 Å². The Kier molecular flexibility index (Phi) is 3.23. The third-order valence-corrected chi connectivity index (χ3v) is 2.99. The van der Waals surface area contributed by atoms with Crippen molar-refractivity contribution in [3.63, 3.8) is 0 Å². The SMILES string of the molecule is NCCc1ccn(-c2ccccc2Br)c1. The highest BCUT2D eigenvalue weighted by molar-refractivity contribution is 9.10. The maximum absolute atomic E-state index is 5.52. The van der Waals surface area contributed by atoms with Gasteiger partial charge in [0.2, 0.25) is 0 Å². The highest BCUT2D eigenvalue weighted by Crippen LogP contribution is 2.21. The zero-order valence-corrected chi connectivity index (χ0v) is 9.94. The molecule has 3 heteroatoms. The summed E-state index contributed by atoms with van der Waals surface area (Å²) in [6, 6.07) is 10.3. The van der Waals surface area contributed by atoms with Crippen LogP contribution in [0.25, 0.3) is 5.69 Å². The van der Waals surface area contributed by atoms with Crippen LogP contribution in [0, 0.1) is 0 Å². The topological polar surface area (TPSA) is 30.9 Å². The molecule has 0 saturated carbocycles. The Morgan fingerprint density at radius 3 is 2.73 bits per heavy atom. The smallest absolute Gasteiger partial charge is 0.0591 e. The van der Waals surface area contributed by atoms with Gasteiger partial charge in [-0.25, -0.2) is 0 Å². The number of aromatic nitrogens is 1. The number of para-hydroxylation sites is 1. The van der Waals surface area contributed by atoms with E-state index >= 15 is 0 Å². The zero-order chi connectivity index (χ0) is 10.7. The Morgan fingerprint density at radius 1 is 1.20 bits per heavy atom. The fourth-order valence-electron chi connectivity index (χ4n) is 1.57.